The number of hydrogen-bond donors (Lipinski definition) is 2. The summed E-state index contributed by atoms with van der Waals surface area (Å²) in [5.41, 5.74) is 5.70. The summed E-state index contributed by atoms with van der Waals surface area (Å²) in [6.07, 6.45) is 0. The first-order valence-corrected chi connectivity index (χ1v) is 6.49. The Bertz CT molecular complexity index is 606. The van der Waals surface area contributed by atoms with Crippen molar-refractivity contribution in [2.24, 2.45) is 5.73 Å². The van der Waals surface area contributed by atoms with Crippen LogP contribution in [-0.4, -0.2) is 28.9 Å². The quantitative estimate of drug-likeness (QED) is 0.732. The zero-order valence-electron chi connectivity index (χ0n) is 12.5. The van der Waals surface area contributed by atoms with Crippen LogP contribution in [0, 0.1) is 12.3 Å². The molecule has 0 unspecified atom stereocenters. The summed E-state index contributed by atoms with van der Waals surface area (Å²) >= 11 is 0. The maximum atomic E-state index is 11.4. The van der Waals surface area contributed by atoms with E-state index in [4.69, 9.17) is 20.5 Å². The number of aromatic nitrogens is 1. The van der Waals surface area contributed by atoms with Gasteiger partial charge in [-0.25, -0.2) is 4.79 Å². The molecule has 3 N–H and O–H groups in total. The molecule has 1 aliphatic rings. The van der Waals surface area contributed by atoms with Gasteiger partial charge in [0, 0.05) is 11.2 Å². The number of primary amides is 1. The molecular formula is C13H20BN3O3. The van der Waals surface area contributed by atoms with E-state index in [1.807, 2.05) is 27.7 Å². The van der Waals surface area contributed by atoms with E-state index in [1.165, 1.54) is 6.07 Å². The molecule has 1 aromatic heterocycles. The minimum Gasteiger partial charge on any atom is -0.399 e. The van der Waals surface area contributed by atoms with Gasteiger partial charge in [-0.2, -0.15) is 0 Å². The highest BCUT2D eigenvalue weighted by atomic mass is 16.7. The van der Waals surface area contributed by atoms with Crippen molar-refractivity contribution < 1.29 is 14.1 Å². The molecule has 20 heavy (non-hydrogen) atoms. The first-order valence-electron chi connectivity index (χ1n) is 6.49. The van der Waals surface area contributed by atoms with E-state index in [0.717, 1.165) is 4.57 Å². The molecule has 0 aliphatic carbocycles. The Morgan fingerprint density at radius 2 is 1.75 bits per heavy atom. The van der Waals surface area contributed by atoms with Crippen molar-refractivity contribution >= 4 is 18.6 Å². The number of hydrogen-bond acceptors (Lipinski definition) is 4. The van der Waals surface area contributed by atoms with Crippen LogP contribution < -0.4 is 16.7 Å². The van der Waals surface area contributed by atoms with Gasteiger partial charge >= 0.3 is 13.1 Å². The summed E-state index contributed by atoms with van der Waals surface area (Å²) in [5, 5.41) is 7.75. The number of nitrogens with two attached hydrogens (primary N) is 1. The van der Waals surface area contributed by atoms with Gasteiger partial charge in [0.1, 0.15) is 5.49 Å². The Balaban J connectivity index is 2.49. The summed E-state index contributed by atoms with van der Waals surface area (Å²) in [5.74, 6) is 0. The van der Waals surface area contributed by atoms with Crippen LogP contribution in [-0.2, 0) is 9.31 Å². The van der Waals surface area contributed by atoms with E-state index in [2.05, 4.69) is 0 Å². The lowest BCUT2D eigenvalue weighted by Crippen LogP contribution is -2.43. The molecule has 1 amide bonds. The van der Waals surface area contributed by atoms with Gasteiger partial charge in [-0.1, -0.05) is 6.07 Å². The Kier molecular flexibility index (Phi) is 3.30. The van der Waals surface area contributed by atoms with Crippen molar-refractivity contribution in [1.82, 2.24) is 4.57 Å². The molecule has 0 radical (unpaired) electrons. The highest BCUT2D eigenvalue weighted by Crippen LogP contribution is 2.36. The molecule has 2 heterocycles. The highest BCUT2D eigenvalue weighted by molar-refractivity contribution is 6.62. The SMILES string of the molecule is Cc1c(B2OC(C)(C)C(C)(C)O2)ccc(=N)n1C(N)=O. The van der Waals surface area contributed by atoms with Gasteiger partial charge in [-0.05, 0) is 40.7 Å². The Labute approximate surface area is 118 Å². The smallest absolute Gasteiger partial charge is 0.399 e. The summed E-state index contributed by atoms with van der Waals surface area (Å²) < 4.78 is 13.1. The Morgan fingerprint density at radius 3 is 2.20 bits per heavy atom. The Morgan fingerprint density at radius 1 is 1.25 bits per heavy atom. The number of pyridine rings is 1. The number of carbonyl (C=O) groups is 1. The van der Waals surface area contributed by atoms with E-state index in [-0.39, 0.29) is 5.49 Å². The second kappa shape index (κ2) is 4.46. The van der Waals surface area contributed by atoms with Crippen LogP contribution in [0.2, 0.25) is 0 Å². The lowest BCUT2D eigenvalue weighted by atomic mass is 9.78. The van der Waals surface area contributed by atoms with Crippen LogP contribution in [0.4, 0.5) is 4.79 Å². The second-order valence-corrected chi connectivity index (χ2v) is 6.02. The molecule has 108 valence electrons. The third-order valence-electron chi connectivity index (χ3n) is 4.14. The lowest BCUT2D eigenvalue weighted by Gasteiger charge is -2.32. The molecule has 0 spiro atoms. The van der Waals surface area contributed by atoms with E-state index in [0.29, 0.717) is 11.2 Å². The number of carbonyl (C=O) groups excluding carboxylic acids is 1. The first-order chi connectivity index (χ1) is 9.07. The highest BCUT2D eigenvalue weighted by Gasteiger charge is 2.52. The van der Waals surface area contributed by atoms with Crippen LogP contribution in [0.25, 0.3) is 0 Å². The van der Waals surface area contributed by atoms with Crippen molar-refractivity contribution in [3.8, 4) is 0 Å². The fraction of sp³-hybridized carbons (Fsp3) is 0.538. The fourth-order valence-electron chi connectivity index (χ4n) is 2.18. The standard InChI is InChI=1S/C13H20BN3O3/c1-8-9(6-7-10(15)17(8)11(16)18)14-19-12(2,3)13(4,5)20-14/h6-7,15H,1-5H3,(H2,16,18). The molecule has 0 bridgehead atoms. The topological polar surface area (TPSA) is 90.3 Å². The first kappa shape index (κ1) is 14.8. The van der Waals surface area contributed by atoms with Crippen molar-refractivity contribution in [3.63, 3.8) is 0 Å². The summed E-state index contributed by atoms with van der Waals surface area (Å²) in [7, 11) is -0.578. The van der Waals surface area contributed by atoms with E-state index in [9.17, 15) is 4.79 Å². The van der Waals surface area contributed by atoms with Gasteiger partial charge in [0.25, 0.3) is 0 Å². The predicted molar refractivity (Wildman–Crippen MR) is 75.7 cm³/mol. The van der Waals surface area contributed by atoms with Crippen molar-refractivity contribution in [2.45, 2.75) is 45.8 Å². The molecule has 1 fully saturated rings. The molecule has 6 nitrogen and oxygen atoms in total. The predicted octanol–water partition coefficient (Wildman–Crippen LogP) is 0.502. The third kappa shape index (κ3) is 2.17. The minimum absolute atomic E-state index is 0.0373. The van der Waals surface area contributed by atoms with Gasteiger partial charge < -0.3 is 15.0 Å². The largest absolute Gasteiger partial charge is 0.496 e. The van der Waals surface area contributed by atoms with E-state index >= 15 is 0 Å². The normalized spacial score (nSPS) is 20.1. The van der Waals surface area contributed by atoms with Gasteiger partial charge in [0.2, 0.25) is 0 Å². The lowest BCUT2D eigenvalue weighted by molar-refractivity contribution is 0.00578. The van der Waals surface area contributed by atoms with Crippen LogP contribution in [0.3, 0.4) is 0 Å². The van der Waals surface area contributed by atoms with Gasteiger partial charge in [0.05, 0.1) is 11.2 Å². The molecular weight excluding hydrogens is 257 g/mol. The second-order valence-electron chi connectivity index (χ2n) is 6.02. The summed E-state index contributed by atoms with van der Waals surface area (Å²) in [6, 6.07) is 2.56. The van der Waals surface area contributed by atoms with Crippen molar-refractivity contribution in [2.75, 3.05) is 0 Å². The van der Waals surface area contributed by atoms with E-state index < -0.39 is 24.4 Å². The van der Waals surface area contributed by atoms with Crippen LogP contribution in [0.5, 0.6) is 0 Å². The average Bonchev–Trinajstić information content (AvgIpc) is 2.47. The van der Waals surface area contributed by atoms with E-state index in [1.54, 1.807) is 13.0 Å². The Hall–Kier alpha value is -1.60. The molecule has 1 aliphatic heterocycles. The molecule has 1 aromatic rings. The van der Waals surface area contributed by atoms with Gasteiger partial charge in [0.15, 0.2) is 0 Å². The number of nitrogens with one attached hydrogen (secondary N) is 1. The number of amides is 1. The monoisotopic (exact) mass is 277 g/mol. The molecule has 2 rings (SSSR count). The molecule has 1 saturated heterocycles. The van der Waals surface area contributed by atoms with Crippen molar-refractivity contribution in [3.05, 3.63) is 23.3 Å². The fourth-order valence-corrected chi connectivity index (χ4v) is 2.18. The number of rotatable bonds is 1. The molecule has 0 saturated carbocycles. The zero-order chi connectivity index (χ0) is 15.3. The third-order valence-corrected chi connectivity index (χ3v) is 4.14. The maximum absolute atomic E-state index is 11.4. The maximum Gasteiger partial charge on any atom is 0.496 e. The summed E-state index contributed by atoms with van der Waals surface area (Å²) in [6.45, 7) is 9.57. The van der Waals surface area contributed by atoms with Crippen LogP contribution >= 0.6 is 0 Å². The van der Waals surface area contributed by atoms with Crippen LogP contribution in [0.15, 0.2) is 12.1 Å². The van der Waals surface area contributed by atoms with Gasteiger partial charge in [-0.3, -0.25) is 9.98 Å². The number of nitrogens with zero attached hydrogens (tertiary/aromatic N) is 1. The molecule has 7 heteroatoms. The molecule has 0 aromatic carbocycles. The van der Waals surface area contributed by atoms with Crippen molar-refractivity contribution in [1.29, 1.82) is 5.41 Å². The minimum atomic E-state index is -0.689. The van der Waals surface area contributed by atoms with Crippen LogP contribution in [0.1, 0.15) is 33.4 Å². The zero-order valence-corrected chi connectivity index (χ0v) is 12.5. The molecule has 0 atom stereocenters. The van der Waals surface area contributed by atoms with Gasteiger partial charge in [-0.15, -0.1) is 0 Å². The summed E-state index contributed by atoms with van der Waals surface area (Å²) in [4.78, 5) is 11.4. The average molecular weight is 277 g/mol.